The van der Waals surface area contributed by atoms with Crippen LogP contribution in [-0.2, 0) is 22.3 Å². The Kier molecular flexibility index (Phi) is 8.13. The Morgan fingerprint density at radius 3 is 2.15 bits per heavy atom. The van der Waals surface area contributed by atoms with E-state index in [1.807, 2.05) is 24.3 Å². The normalized spacial score (nSPS) is 18.4. The van der Waals surface area contributed by atoms with E-state index in [1.54, 1.807) is 0 Å². The molecule has 1 heterocycles. The number of benzene rings is 1. The molecular weight excluding hydrogens is 475 g/mol. The summed E-state index contributed by atoms with van der Waals surface area (Å²) in [6.07, 6.45) is 0. The lowest BCUT2D eigenvalue weighted by atomic mass is 9.65. The second-order valence-corrected chi connectivity index (χ2v) is 9.91. The van der Waals surface area contributed by atoms with E-state index in [1.165, 1.54) is 7.05 Å². The van der Waals surface area contributed by atoms with Crippen LogP contribution in [-0.4, -0.2) is 45.0 Å². The van der Waals surface area contributed by atoms with Crippen LogP contribution in [0, 0.1) is 5.41 Å². The minimum atomic E-state index is -3.24. The van der Waals surface area contributed by atoms with Crippen LogP contribution < -0.4 is 10.0 Å². The van der Waals surface area contributed by atoms with E-state index in [4.69, 9.17) is 4.99 Å². The van der Waals surface area contributed by atoms with Gasteiger partial charge in [0.25, 0.3) is 0 Å². The summed E-state index contributed by atoms with van der Waals surface area (Å²) in [5.74, 6) is 0.922. The molecule has 2 N–H and O–H groups in total. The number of guanidine groups is 1. The zero-order chi connectivity index (χ0) is 19.6. The predicted octanol–water partition coefficient (Wildman–Crippen LogP) is 2.94. The molecule has 1 aromatic carbocycles. The van der Waals surface area contributed by atoms with Gasteiger partial charge in [0.05, 0.1) is 12.3 Å². The summed E-state index contributed by atoms with van der Waals surface area (Å²) in [7, 11) is -1.81. The third kappa shape index (κ3) is 5.57. The van der Waals surface area contributed by atoms with Gasteiger partial charge in [-0.1, -0.05) is 38.1 Å². The molecule has 0 radical (unpaired) electrons. The van der Waals surface area contributed by atoms with Crippen molar-refractivity contribution in [2.75, 3.05) is 20.1 Å². The SMILES string of the molecule is CCNC(=NCc1ccc(CS(=O)(=O)NC)cc1)N1CC(C)(C)C1(C)C.I. The molecule has 0 unspecified atom stereocenters. The Morgan fingerprint density at radius 1 is 1.15 bits per heavy atom. The van der Waals surface area contributed by atoms with Gasteiger partial charge in [-0.25, -0.2) is 18.1 Å². The van der Waals surface area contributed by atoms with Crippen molar-refractivity contribution in [1.82, 2.24) is 14.9 Å². The lowest BCUT2D eigenvalue weighted by molar-refractivity contribution is -0.0667. The maximum Gasteiger partial charge on any atom is 0.215 e. The molecule has 1 saturated heterocycles. The third-order valence-corrected chi connectivity index (χ3v) is 6.91. The van der Waals surface area contributed by atoms with E-state index in [9.17, 15) is 8.42 Å². The molecular formula is C19H33IN4O2S. The van der Waals surface area contributed by atoms with Gasteiger partial charge in [0.2, 0.25) is 10.0 Å². The lowest BCUT2D eigenvalue weighted by Crippen LogP contribution is -2.72. The topological polar surface area (TPSA) is 73.8 Å². The molecule has 2 rings (SSSR count). The highest BCUT2D eigenvalue weighted by Gasteiger charge is 2.53. The molecule has 0 amide bonds. The Labute approximate surface area is 181 Å². The summed E-state index contributed by atoms with van der Waals surface area (Å²) in [5, 5.41) is 3.39. The van der Waals surface area contributed by atoms with Gasteiger partial charge in [0.1, 0.15) is 0 Å². The van der Waals surface area contributed by atoms with Crippen molar-refractivity contribution in [2.24, 2.45) is 10.4 Å². The van der Waals surface area contributed by atoms with Crippen LogP contribution in [0.25, 0.3) is 0 Å². The summed E-state index contributed by atoms with van der Waals surface area (Å²) in [4.78, 5) is 7.11. The van der Waals surface area contributed by atoms with Crippen LogP contribution in [0.4, 0.5) is 0 Å². The molecule has 0 aromatic heterocycles. The molecule has 6 nitrogen and oxygen atoms in total. The molecule has 0 bridgehead atoms. The summed E-state index contributed by atoms with van der Waals surface area (Å²) < 4.78 is 25.6. The summed E-state index contributed by atoms with van der Waals surface area (Å²) in [5.41, 5.74) is 2.14. The van der Waals surface area contributed by atoms with Gasteiger partial charge in [-0.15, -0.1) is 24.0 Å². The first kappa shape index (κ1) is 24.2. The smallest absolute Gasteiger partial charge is 0.215 e. The van der Waals surface area contributed by atoms with Gasteiger partial charge in [0.15, 0.2) is 5.96 Å². The van der Waals surface area contributed by atoms with Crippen molar-refractivity contribution >= 4 is 40.0 Å². The van der Waals surface area contributed by atoms with Crippen molar-refractivity contribution in [3.63, 3.8) is 0 Å². The number of hydrogen-bond donors (Lipinski definition) is 2. The molecule has 0 saturated carbocycles. The molecule has 1 aliphatic heterocycles. The third-order valence-electron chi connectivity index (χ3n) is 5.58. The highest BCUT2D eigenvalue weighted by Crippen LogP contribution is 2.46. The van der Waals surface area contributed by atoms with Crippen molar-refractivity contribution < 1.29 is 8.42 Å². The van der Waals surface area contributed by atoms with Gasteiger partial charge >= 0.3 is 0 Å². The van der Waals surface area contributed by atoms with Gasteiger partial charge in [-0.2, -0.15) is 0 Å². The largest absolute Gasteiger partial charge is 0.356 e. The number of nitrogens with zero attached hydrogens (tertiary/aromatic N) is 2. The van der Waals surface area contributed by atoms with Gasteiger partial charge < -0.3 is 10.2 Å². The number of likely N-dealkylation sites (tertiary alicyclic amines) is 1. The summed E-state index contributed by atoms with van der Waals surface area (Å²) >= 11 is 0. The standard InChI is InChI=1S/C19H32N4O2S.HI/c1-7-21-17(23-14-18(2,3)19(23,4)5)22-12-15-8-10-16(11-9-15)13-26(24,25)20-6;/h8-11,20H,7,12-14H2,1-6H3,(H,21,22);1H. The highest BCUT2D eigenvalue weighted by atomic mass is 127. The average molecular weight is 508 g/mol. The number of hydrogen-bond acceptors (Lipinski definition) is 3. The predicted molar refractivity (Wildman–Crippen MR) is 123 cm³/mol. The Hall–Kier alpha value is -0.870. The summed E-state index contributed by atoms with van der Waals surface area (Å²) in [6.45, 7) is 13.5. The highest BCUT2D eigenvalue weighted by molar-refractivity contribution is 14.0. The fourth-order valence-corrected chi connectivity index (χ4v) is 3.77. The molecule has 0 aliphatic carbocycles. The van der Waals surface area contributed by atoms with Gasteiger partial charge in [-0.3, -0.25) is 0 Å². The Morgan fingerprint density at radius 2 is 1.70 bits per heavy atom. The monoisotopic (exact) mass is 508 g/mol. The van der Waals surface area contributed by atoms with E-state index in [-0.39, 0.29) is 40.7 Å². The van der Waals surface area contributed by atoms with Gasteiger partial charge in [-0.05, 0) is 38.9 Å². The zero-order valence-electron chi connectivity index (χ0n) is 17.2. The van der Waals surface area contributed by atoms with E-state index in [2.05, 4.69) is 49.6 Å². The second-order valence-electron chi connectivity index (χ2n) is 7.98. The molecule has 0 atom stereocenters. The minimum Gasteiger partial charge on any atom is -0.356 e. The number of nitrogens with one attached hydrogen (secondary N) is 2. The maximum absolute atomic E-state index is 11.6. The molecule has 154 valence electrons. The molecule has 8 heteroatoms. The van der Waals surface area contributed by atoms with Crippen LogP contribution in [0.5, 0.6) is 0 Å². The van der Waals surface area contributed by atoms with Crippen LogP contribution in [0.2, 0.25) is 0 Å². The zero-order valence-corrected chi connectivity index (χ0v) is 20.3. The molecule has 1 fully saturated rings. The molecule has 1 aromatic rings. The van der Waals surface area contributed by atoms with Crippen LogP contribution in [0.3, 0.4) is 0 Å². The molecule has 1 aliphatic rings. The number of aliphatic imine (C=N–C) groups is 1. The minimum absolute atomic E-state index is 0. The van der Waals surface area contributed by atoms with Gasteiger partial charge in [0, 0.05) is 24.0 Å². The quantitative estimate of drug-likeness (QED) is 0.352. The maximum atomic E-state index is 11.6. The first-order valence-corrected chi connectivity index (χ1v) is 10.7. The number of sulfonamides is 1. The van der Waals surface area contributed by atoms with E-state index in [0.717, 1.165) is 30.2 Å². The molecule has 27 heavy (non-hydrogen) atoms. The van der Waals surface area contributed by atoms with E-state index < -0.39 is 10.0 Å². The van der Waals surface area contributed by atoms with E-state index in [0.29, 0.717) is 6.54 Å². The molecule has 0 spiro atoms. The average Bonchev–Trinajstić information content (AvgIpc) is 2.58. The van der Waals surface area contributed by atoms with Crippen molar-refractivity contribution in [3.8, 4) is 0 Å². The fourth-order valence-electron chi connectivity index (χ4n) is 2.99. The first-order chi connectivity index (χ1) is 12.0. The number of halogens is 1. The lowest BCUT2D eigenvalue weighted by Gasteiger charge is -2.62. The number of rotatable bonds is 6. The van der Waals surface area contributed by atoms with Crippen LogP contribution >= 0.6 is 24.0 Å². The summed E-state index contributed by atoms with van der Waals surface area (Å²) in [6, 6.07) is 7.59. The van der Waals surface area contributed by atoms with Crippen molar-refractivity contribution in [2.45, 2.75) is 52.5 Å². The Balaban J connectivity index is 0.00000364. The Bertz CT molecular complexity index is 758. The first-order valence-electron chi connectivity index (χ1n) is 9.07. The fraction of sp³-hybridized carbons (Fsp3) is 0.632. The van der Waals surface area contributed by atoms with Crippen molar-refractivity contribution in [3.05, 3.63) is 35.4 Å². The van der Waals surface area contributed by atoms with Crippen molar-refractivity contribution in [1.29, 1.82) is 0 Å². The van der Waals surface area contributed by atoms with Crippen LogP contribution in [0.1, 0.15) is 45.7 Å². The second kappa shape index (κ2) is 9.09. The van der Waals surface area contributed by atoms with Crippen LogP contribution in [0.15, 0.2) is 29.3 Å². The van der Waals surface area contributed by atoms with E-state index >= 15 is 0 Å².